The summed E-state index contributed by atoms with van der Waals surface area (Å²) in [5.41, 5.74) is 0.528. The fourth-order valence-electron chi connectivity index (χ4n) is 2.15. The SMILES string of the molecule is O=C(NCCc1nnc(S(=O)(=O)Cc2cccc(Cl)c2)o1)c1cccs1. The molecule has 0 aliphatic carbocycles. The summed E-state index contributed by atoms with van der Waals surface area (Å²) in [5, 5.41) is 11.9. The lowest BCUT2D eigenvalue weighted by Gasteiger charge is -2.01. The molecule has 0 aliphatic heterocycles. The van der Waals surface area contributed by atoms with Crippen molar-refractivity contribution in [2.45, 2.75) is 17.4 Å². The van der Waals surface area contributed by atoms with Crippen LogP contribution in [0.5, 0.6) is 0 Å². The highest BCUT2D eigenvalue weighted by Crippen LogP contribution is 2.18. The Morgan fingerprint density at radius 2 is 2.08 bits per heavy atom. The molecule has 0 fully saturated rings. The van der Waals surface area contributed by atoms with Gasteiger partial charge in [-0.3, -0.25) is 4.79 Å². The molecule has 0 radical (unpaired) electrons. The van der Waals surface area contributed by atoms with Crippen LogP contribution in [0, 0.1) is 0 Å². The first-order valence-electron chi connectivity index (χ1n) is 7.55. The molecule has 1 N–H and O–H groups in total. The molecule has 1 aromatic carbocycles. The molecule has 0 spiro atoms. The zero-order valence-electron chi connectivity index (χ0n) is 13.4. The number of hydrogen-bond acceptors (Lipinski definition) is 7. The highest BCUT2D eigenvalue weighted by molar-refractivity contribution is 7.90. The Labute approximate surface area is 158 Å². The molecule has 0 aliphatic rings. The largest absolute Gasteiger partial charge is 0.412 e. The third kappa shape index (κ3) is 4.69. The van der Waals surface area contributed by atoms with E-state index in [1.54, 1.807) is 36.4 Å². The van der Waals surface area contributed by atoms with Crippen molar-refractivity contribution in [1.82, 2.24) is 15.5 Å². The summed E-state index contributed by atoms with van der Waals surface area (Å²) in [6.07, 6.45) is 0.233. The minimum atomic E-state index is -3.77. The van der Waals surface area contributed by atoms with Crippen molar-refractivity contribution in [3.63, 3.8) is 0 Å². The van der Waals surface area contributed by atoms with E-state index in [9.17, 15) is 13.2 Å². The zero-order valence-corrected chi connectivity index (χ0v) is 15.8. The van der Waals surface area contributed by atoms with Crippen molar-refractivity contribution in [2.24, 2.45) is 0 Å². The lowest BCUT2D eigenvalue weighted by atomic mass is 10.2. The number of carbonyl (C=O) groups is 1. The molecule has 136 valence electrons. The van der Waals surface area contributed by atoms with Crippen LogP contribution in [0.4, 0.5) is 0 Å². The predicted octanol–water partition coefficient (Wildman–Crippen LogP) is 2.73. The molecule has 10 heteroatoms. The molecular weight excluding hydrogens is 398 g/mol. The van der Waals surface area contributed by atoms with Gasteiger partial charge in [-0.25, -0.2) is 8.42 Å². The second-order valence-corrected chi connectivity index (χ2v) is 8.59. The third-order valence-corrected chi connectivity index (χ3v) is 5.84. The average Bonchev–Trinajstić information content (AvgIpc) is 3.26. The highest BCUT2D eigenvalue weighted by atomic mass is 35.5. The fourth-order valence-corrected chi connectivity index (χ4v) is 4.13. The summed E-state index contributed by atoms with van der Waals surface area (Å²) in [6.45, 7) is 0.257. The highest BCUT2D eigenvalue weighted by Gasteiger charge is 2.23. The Balaban J connectivity index is 1.59. The molecule has 2 heterocycles. The maximum Gasteiger partial charge on any atom is 0.335 e. The Kier molecular flexibility index (Phi) is 5.70. The lowest BCUT2D eigenvalue weighted by molar-refractivity contribution is 0.0957. The van der Waals surface area contributed by atoms with E-state index >= 15 is 0 Å². The third-order valence-electron chi connectivity index (χ3n) is 3.33. The normalized spacial score (nSPS) is 11.4. The number of halogens is 1. The van der Waals surface area contributed by atoms with Crippen LogP contribution in [0.1, 0.15) is 21.1 Å². The van der Waals surface area contributed by atoms with Crippen molar-refractivity contribution >= 4 is 38.7 Å². The molecule has 2 aromatic heterocycles. The van der Waals surface area contributed by atoms with Gasteiger partial charge in [0.1, 0.15) is 0 Å². The first kappa shape index (κ1) is 18.6. The molecule has 0 unspecified atom stereocenters. The summed E-state index contributed by atoms with van der Waals surface area (Å²) in [7, 11) is -3.77. The summed E-state index contributed by atoms with van der Waals surface area (Å²) in [6, 6.07) is 10.1. The number of aromatic nitrogens is 2. The van der Waals surface area contributed by atoms with E-state index < -0.39 is 15.1 Å². The van der Waals surface area contributed by atoms with E-state index in [0.717, 1.165) is 0 Å². The molecule has 3 aromatic rings. The standard InChI is InChI=1S/C16H14ClN3O4S2/c17-12-4-1-3-11(9-12)10-26(22,23)16-20-19-14(24-16)6-7-18-15(21)13-5-2-8-25-13/h1-5,8-9H,6-7,10H2,(H,18,21). The van der Waals surface area contributed by atoms with E-state index in [2.05, 4.69) is 15.5 Å². The van der Waals surface area contributed by atoms with Gasteiger partial charge in [-0.15, -0.1) is 16.4 Å². The fraction of sp³-hybridized carbons (Fsp3) is 0.188. The van der Waals surface area contributed by atoms with Gasteiger partial charge >= 0.3 is 5.22 Å². The smallest absolute Gasteiger partial charge is 0.335 e. The molecule has 3 rings (SSSR count). The van der Waals surface area contributed by atoms with Crippen LogP contribution in [0.15, 0.2) is 51.4 Å². The number of benzene rings is 1. The molecule has 0 atom stereocenters. The second kappa shape index (κ2) is 7.98. The number of rotatable bonds is 7. The first-order valence-corrected chi connectivity index (χ1v) is 10.5. The van der Waals surface area contributed by atoms with Gasteiger partial charge in [-0.2, -0.15) is 0 Å². The summed E-state index contributed by atoms with van der Waals surface area (Å²) in [5.74, 6) is -0.348. The van der Waals surface area contributed by atoms with Gasteiger partial charge < -0.3 is 9.73 Å². The first-order chi connectivity index (χ1) is 12.4. The second-order valence-electron chi connectivity index (χ2n) is 5.33. The van der Waals surface area contributed by atoms with Crippen LogP contribution in [-0.4, -0.2) is 31.1 Å². The molecule has 0 bridgehead atoms. The van der Waals surface area contributed by atoms with Crippen molar-refractivity contribution in [1.29, 1.82) is 0 Å². The molecular formula is C16H14ClN3O4S2. The Morgan fingerprint density at radius 3 is 2.81 bits per heavy atom. The van der Waals surface area contributed by atoms with Gasteiger partial charge in [0.05, 0.1) is 10.6 Å². The number of amides is 1. The number of sulfone groups is 1. The van der Waals surface area contributed by atoms with Crippen LogP contribution < -0.4 is 5.32 Å². The number of nitrogens with zero attached hydrogens (tertiary/aromatic N) is 2. The van der Waals surface area contributed by atoms with Crippen LogP contribution in [0.3, 0.4) is 0 Å². The van der Waals surface area contributed by atoms with E-state index in [1.165, 1.54) is 11.3 Å². The summed E-state index contributed by atoms with van der Waals surface area (Å²) in [4.78, 5) is 12.4. The van der Waals surface area contributed by atoms with Crippen LogP contribution in [-0.2, 0) is 22.0 Å². The molecule has 0 saturated heterocycles. The van der Waals surface area contributed by atoms with Gasteiger partial charge in [0.25, 0.3) is 5.91 Å². The Hall–Kier alpha value is -2.23. The van der Waals surface area contributed by atoms with Crippen molar-refractivity contribution in [2.75, 3.05) is 6.54 Å². The number of hydrogen-bond donors (Lipinski definition) is 1. The maximum atomic E-state index is 12.4. The van der Waals surface area contributed by atoms with Crippen LogP contribution in [0.2, 0.25) is 5.02 Å². The zero-order chi connectivity index (χ0) is 18.6. The van der Waals surface area contributed by atoms with Gasteiger partial charge in [-0.1, -0.05) is 34.9 Å². The number of thiophene rings is 1. The van der Waals surface area contributed by atoms with Gasteiger partial charge in [0.15, 0.2) is 0 Å². The molecule has 1 amide bonds. The van der Waals surface area contributed by atoms with Crippen LogP contribution in [0.25, 0.3) is 0 Å². The number of nitrogens with one attached hydrogen (secondary N) is 1. The molecule has 7 nitrogen and oxygen atoms in total. The minimum absolute atomic E-state index is 0.140. The lowest BCUT2D eigenvalue weighted by Crippen LogP contribution is -2.24. The van der Waals surface area contributed by atoms with E-state index in [-0.39, 0.29) is 30.5 Å². The molecule has 0 saturated carbocycles. The Bertz CT molecular complexity index is 1000. The van der Waals surface area contributed by atoms with Gasteiger partial charge in [0.2, 0.25) is 15.7 Å². The molecule has 26 heavy (non-hydrogen) atoms. The van der Waals surface area contributed by atoms with Crippen molar-refractivity contribution in [3.05, 3.63) is 63.1 Å². The Morgan fingerprint density at radius 1 is 1.23 bits per heavy atom. The monoisotopic (exact) mass is 411 g/mol. The van der Waals surface area contributed by atoms with Crippen LogP contribution >= 0.6 is 22.9 Å². The van der Waals surface area contributed by atoms with Crippen molar-refractivity contribution < 1.29 is 17.6 Å². The van der Waals surface area contributed by atoms with Crippen molar-refractivity contribution in [3.8, 4) is 0 Å². The van der Waals surface area contributed by atoms with E-state index in [0.29, 0.717) is 15.5 Å². The average molecular weight is 412 g/mol. The minimum Gasteiger partial charge on any atom is -0.412 e. The van der Waals surface area contributed by atoms with Gasteiger partial charge in [-0.05, 0) is 29.1 Å². The predicted molar refractivity (Wildman–Crippen MR) is 97.0 cm³/mol. The summed E-state index contributed by atoms with van der Waals surface area (Å²) < 4.78 is 29.9. The summed E-state index contributed by atoms with van der Waals surface area (Å²) >= 11 is 7.20. The van der Waals surface area contributed by atoms with E-state index in [1.807, 2.05) is 5.38 Å². The van der Waals surface area contributed by atoms with E-state index in [4.69, 9.17) is 16.0 Å². The van der Waals surface area contributed by atoms with Gasteiger partial charge in [0, 0.05) is 18.0 Å². The number of carbonyl (C=O) groups excluding carboxylic acids is 1. The quantitative estimate of drug-likeness (QED) is 0.641. The topological polar surface area (TPSA) is 102 Å². The maximum absolute atomic E-state index is 12.4.